The van der Waals surface area contributed by atoms with Crippen molar-refractivity contribution in [1.29, 1.82) is 0 Å². The van der Waals surface area contributed by atoms with Crippen LogP contribution in [0.15, 0.2) is 66.7 Å². The Balaban J connectivity index is 1.36. The van der Waals surface area contributed by atoms with E-state index in [9.17, 15) is 4.79 Å². The molecule has 2 heterocycles. The van der Waals surface area contributed by atoms with Gasteiger partial charge >= 0.3 is 0 Å². The number of amides is 1. The first-order valence-electron chi connectivity index (χ1n) is 10.3. The Labute approximate surface area is 176 Å². The molecular weight excluding hydrogens is 376 g/mol. The first-order chi connectivity index (χ1) is 14.7. The van der Waals surface area contributed by atoms with Crippen LogP contribution in [-0.4, -0.2) is 36.3 Å². The van der Waals surface area contributed by atoms with Crippen molar-refractivity contribution < 1.29 is 9.53 Å². The maximum Gasteiger partial charge on any atom is 0.225 e. The average molecular weight is 402 g/mol. The molecule has 154 valence electrons. The molecule has 0 bridgehead atoms. The molecular formula is C24H26N4O2. The monoisotopic (exact) mass is 402 g/mol. The molecule has 1 amide bonds. The number of methoxy groups -OCH3 is 1. The lowest BCUT2D eigenvalue weighted by Gasteiger charge is -2.32. The Kier molecular flexibility index (Phi) is 6.23. The minimum absolute atomic E-state index is 0.0556. The first kappa shape index (κ1) is 19.9. The molecule has 0 unspecified atom stereocenters. The van der Waals surface area contributed by atoms with Crippen molar-refractivity contribution >= 4 is 11.7 Å². The highest BCUT2D eigenvalue weighted by atomic mass is 16.5. The van der Waals surface area contributed by atoms with E-state index in [1.807, 2.05) is 66.7 Å². The second kappa shape index (κ2) is 9.39. The van der Waals surface area contributed by atoms with Crippen LogP contribution in [0.3, 0.4) is 0 Å². The van der Waals surface area contributed by atoms with Crippen molar-refractivity contribution in [3.63, 3.8) is 0 Å². The topological polar surface area (TPSA) is 67.3 Å². The molecule has 0 aliphatic carbocycles. The number of nitrogens with one attached hydrogen (secondary N) is 1. The van der Waals surface area contributed by atoms with Gasteiger partial charge in [0.05, 0.1) is 18.7 Å². The van der Waals surface area contributed by atoms with E-state index in [0.29, 0.717) is 13.1 Å². The minimum Gasteiger partial charge on any atom is -0.497 e. The van der Waals surface area contributed by atoms with Gasteiger partial charge in [-0.1, -0.05) is 42.5 Å². The third-order valence-electron chi connectivity index (χ3n) is 5.44. The molecule has 2 aromatic carbocycles. The fraction of sp³-hybridized carbons (Fsp3) is 0.292. The molecule has 1 aliphatic heterocycles. The first-order valence-corrected chi connectivity index (χ1v) is 10.3. The molecule has 4 rings (SSSR count). The number of piperidine rings is 1. The zero-order chi connectivity index (χ0) is 20.8. The molecule has 30 heavy (non-hydrogen) atoms. The summed E-state index contributed by atoms with van der Waals surface area (Å²) in [5.74, 6) is 1.64. The molecule has 6 heteroatoms. The van der Waals surface area contributed by atoms with Gasteiger partial charge in [-0.25, -0.2) is 0 Å². The summed E-state index contributed by atoms with van der Waals surface area (Å²) < 4.78 is 5.25. The number of ether oxygens (including phenoxy) is 1. The quantitative estimate of drug-likeness (QED) is 0.681. The molecule has 3 aromatic rings. The summed E-state index contributed by atoms with van der Waals surface area (Å²) in [6, 6.07) is 21.7. The highest BCUT2D eigenvalue weighted by Gasteiger charge is 2.26. The van der Waals surface area contributed by atoms with E-state index in [4.69, 9.17) is 4.74 Å². The van der Waals surface area contributed by atoms with Gasteiger partial charge in [0.2, 0.25) is 5.91 Å². The number of aromatic nitrogens is 2. The van der Waals surface area contributed by atoms with E-state index < -0.39 is 0 Å². The van der Waals surface area contributed by atoms with Crippen molar-refractivity contribution in [2.75, 3.05) is 25.1 Å². The summed E-state index contributed by atoms with van der Waals surface area (Å²) in [6.45, 7) is 2.04. The number of anilines is 1. The summed E-state index contributed by atoms with van der Waals surface area (Å²) in [5, 5.41) is 11.9. The molecule has 1 N–H and O–H groups in total. The summed E-state index contributed by atoms with van der Waals surface area (Å²) >= 11 is 0. The van der Waals surface area contributed by atoms with Crippen LogP contribution < -0.4 is 15.0 Å². The van der Waals surface area contributed by atoms with Crippen LogP contribution in [-0.2, 0) is 11.3 Å². The van der Waals surface area contributed by atoms with Gasteiger partial charge in [-0.2, -0.15) is 0 Å². The van der Waals surface area contributed by atoms with Crippen LogP contribution in [0.25, 0.3) is 11.3 Å². The Morgan fingerprint density at radius 2 is 1.97 bits per heavy atom. The van der Waals surface area contributed by atoms with Crippen molar-refractivity contribution in [3.8, 4) is 17.0 Å². The predicted octanol–water partition coefficient (Wildman–Crippen LogP) is 3.69. The fourth-order valence-corrected chi connectivity index (χ4v) is 3.77. The van der Waals surface area contributed by atoms with Gasteiger partial charge < -0.3 is 15.0 Å². The number of hydrogen-bond donors (Lipinski definition) is 1. The second-order valence-corrected chi connectivity index (χ2v) is 7.50. The molecule has 6 nitrogen and oxygen atoms in total. The lowest BCUT2D eigenvalue weighted by molar-refractivity contribution is -0.125. The third-order valence-corrected chi connectivity index (χ3v) is 5.44. The lowest BCUT2D eigenvalue weighted by atomic mass is 9.97. The zero-order valence-electron chi connectivity index (χ0n) is 17.1. The molecule has 1 aromatic heterocycles. The van der Waals surface area contributed by atoms with E-state index in [2.05, 4.69) is 20.4 Å². The van der Waals surface area contributed by atoms with Gasteiger partial charge in [0, 0.05) is 25.2 Å². The van der Waals surface area contributed by atoms with Crippen LogP contribution in [0.2, 0.25) is 0 Å². The molecule has 0 spiro atoms. The summed E-state index contributed by atoms with van der Waals surface area (Å²) in [5.41, 5.74) is 2.92. The SMILES string of the molecule is COc1cccc(CNC(=O)[C@H]2CCCN(c3ccc(-c4ccccc4)nn3)C2)c1. The molecule has 0 radical (unpaired) electrons. The van der Waals surface area contributed by atoms with Crippen LogP contribution in [0.1, 0.15) is 18.4 Å². The van der Waals surface area contributed by atoms with Crippen molar-refractivity contribution in [1.82, 2.24) is 15.5 Å². The standard InChI is InChI=1S/C24H26N4O2/c1-30-21-11-5-7-18(15-21)16-25-24(29)20-10-6-14-28(17-20)23-13-12-22(26-27-23)19-8-3-2-4-9-19/h2-5,7-9,11-13,15,20H,6,10,14,16-17H2,1H3,(H,25,29)/t20-/m0/s1. The highest BCUT2D eigenvalue weighted by molar-refractivity contribution is 5.79. The minimum atomic E-state index is -0.0556. The Hall–Kier alpha value is -3.41. The number of nitrogens with zero attached hydrogens (tertiary/aromatic N) is 3. The Morgan fingerprint density at radius 1 is 1.10 bits per heavy atom. The molecule has 1 atom stereocenters. The highest BCUT2D eigenvalue weighted by Crippen LogP contribution is 2.23. The number of rotatable bonds is 6. The van der Waals surface area contributed by atoms with E-state index in [1.165, 1.54) is 0 Å². The zero-order valence-corrected chi connectivity index (χ0v) is 17.1. The largest absolute Gasteiger partial charge is 0.497 e. The van der Waals surface area contributed by atoms with Crippen molar-refractivity contribution in [2.45, 2.75) is 19.4 Å². The van der Waals surface area contributed by atoms with E-state index in [0.717, 1.165) is 47.8 Å². The average Bonchev–Trinajstić information content (AvgIpc) is 2.83. The number of carbonyl (C=O) groups excluding carboxylic acids is 1. The molecule has 1 aliphatic rings. The smallest absolute Gasteiger partial charge is 0.225 e. The molecule has 0 saturated carbocycles. The predicted molar refractivity (Wildman–Crippen MR) is 117 cm³/mol. The lowest BCUT2D eigenvalue weighted by Crippen LogP contribution is -2.43. The molecule has 1 saturated heterocycles. The van der Waals surface area contributed by atoms with E-state index >= 15 is 0 Å². The second-order valence-electron chi connectivity index (χ2n) is 7.50. The van der Waals surface area contributed by atoms with Crippen LogP contribution in [0.5, 0.6) is 5.75 Å². The van der Waals surface area contributed by atoms with Gasteiger partial charge in [0.1, 0.15) is 5.75 Å². The third kappa shape index (κ3) is 4.76. The van der Waals surface area contributed by atoms with Crippen molar-refractivity contribution in [3.05, 3.63) is 72.3 Å². The Bertz CT molecular complexity index is 976. The van der Waals surface area contributed by atoms with Crippen LogP contribution >= 0.6 is 0 Å². The number of benzene rings is 2. The van der Waals surface area contributed by atoms with Gasteiger partial charge in [-0.3, -0.25) is 4.79 Å². The van der Waals surface area contributed by atoms with E-state index in [-0.39, 0.29) is 11.8 Å². The maximum absolute atomic E-state index is 12.7. The van der Waals surface area contributed by atoms with Crippen molar-refractivity contribution in [2.24, 2.45) is 5.92 Å². The van der Waals surface area contributed by atoms with Gasteiger partial charge in [-0.05, 0) is 42.7 Å². The fourth-order valence-electron chi connectivity index (χ4n) is 3.77. The maximum atomic E-state index is 12.7. The van der Waals surface area contributed by atoms with Gasteiger partial charge in [0.25, 0.3) is 0 Å². The summed E-state index contributed by atoms with van der Waals surface area (Å²) in [7, 11) is 1.64. The molecule has 1 fully saturated rings. The summed E-state index contributed by atoms with van der Waals surface area (Å²) in [6.07, 6.45) is 1.84. The summed E-state index contributed by atoms with van der Waals surface area (Å²) in [4.78, 5) is 14.9. The van der Waals surface area contributed by atoms with Crippen LogP contribution in [0.4, 0.5) is 5.82 Å². The number of hydrogen-bond acceptors (Lipinski definition) is 5. The van der Waals surface area contributed by atoms with Crippen LogP contribution in [0, 0.1) is 5.92 Å². The van der Waals surface area contributed by atoms with Gasteiger partial charge in [-0.15, -0.1) is 10.2 Å². The van der Waals surface area contributed by atoms with E-state index in [1.54, 1.807) is 7.11 Å². The van der Waals surface area contributed by atoms with Gasteiger partial charge in [0.15, 0.2) is 5.82 Å². The normalized spacial score (nSPS) is 16.2. The Morgan fingerprint density at radius 3 is 2.73 bits per heavy atom. The number of carbonyl (C=O) groups is 1.